The molecule has 1 aliphatic heterocycles. The standard InChI is InChI=1S/C21H27F3N2O3/c1-13-16(21(22,23)24)3-4-17(25-13)29-15-11-20(12-15)5-7-26(8-6-20)18(27)14-9-19(2,28)10-14/h3-4,14-15,28H,5-12H2,1-2H3. The van der Waals surface area contributed by atoms with E-state index in [0.29, 0.717) is 12.8 Å². The molecule has 0 aromatic carbocycles. The Balaban J connectivity index is 1.25. The second kappa shape index (κ2) is 6.86. The van der Waals surface area contributed by atoms with Crippen molar-refractivity contribution in [1.29, 1.82) is 0 Å². The van der Waals surface area contributed by atoms with Gasteiger partial charge in [-0.25, -0.2) is 4.98 Å². The normalized spacial score (nSPS) is 29.3. The van der Waals surface area contributed by atoms with Gasteiger partial charge in [0, 0.05) is 25.1 Å². The number of alkyl halides is 3. The molecule has 160 valence electrons. The number of amides is 1. The third-order valence-corrected chi connectivity index (χ3v) is 6.83. The highest BCUT2D eigenvalue weighted by molar-refractivity contribution is 5.80. The number of aliphatic hydroxyl groups is 1. The van der Waals surface area contributed by atoms with Crippen molar-refractivity contribution in [3.63, 3.8) is 0 Å². The number of pyridine rings is 1. The zero-order valence-electron chi connectivity index (χ0n) is 16.8. The molecule has 2 saturated carbocycles. The summed E-state index contributed by atoms with van der Waals surface area (Å²) >= 11 is 0. The average molecular weight is 412 g/mol. The molecule has 1 aromatic rings. The molecule has 1 N–H and O–H groups in total. The highest BCUT2D eigenvalue weighted by atomic mass is 19.4. The summed E-state index contributed by atoms with van der Waals surface area (Å²) in [6.07, 6.45) is 0.164. The van der Waals surface area contributed by atoms with E-state index in [4.69, 9.17) is 4.74 Å². The fraction of sp³-hybridized carbons (Fsp3) is 0.714. The summed E-state index contributed by atoms with van der Waals surface area (Å²) in [7, 11) is 0. The molecular formula is C21H27F3N2O3. The maximum Gasteiger partial charge on any atom is 0.418 e. The Morgan fingerprint density at radius 1 is 1.21 bits per heavy atom. The molecule has 3 aliphatic rings. The van der Waals surface area contributed by atoms with Crippen LogP contribution in [-0.4, -0.2) is 45.7 Å². The van der Waals surface area contributed by atoms with Gasteiger partial charge in [0.1, 0.15) is 6.10 Å². The molecule has 2 aliphatic carbocycles. The predicted molar refractivity (Wildman–Crippen MR) is 99.2 cm³/mol. The van der Waals surface area contributed by atoms with Crippen LogP contribution < -0.4 is 4.74 Å². The highest BCUT2D eigenvalue weighted by Gasteiger charge is 2.50. The number of hydrogen-bond acceptors (Lipinski definition) is 4. The zero-order chi connectivity index (χ0) is 21.0. The third-order valence-electron chi connectivity index (χ3n) is 6.83. The SMILES string of the molecule is Cc1nc(OC2CC3(CCN(C(=O)C4CC(C)(O)C4)CC3)C2)ccc1C(F)(F)F. The number of aryl methyl sites for hydroxylation is 1. The van der Waals surface area contributed by atoms with Crippen molar-refractivity contribution in [3.05, 3.63) is 23.4 Å². The minimum atomic E-state index is -4.41. The van der Waals surface area contributed by atoms with E-state index in [9.17, 15) is 23.1 Å². The molecule has 0 bridgehead atoms. The van der Waals surface area contributed by atoms with Crippen LogP contribution in [0.5, 0.6) is 5.88 Å². The summed E-state index contributed by atoms with van der Waals surface area (Å²) in [4.78, 5) is 18.4. The lowest BCUT2D eigenvalue weighted by molar-refractivity contribution is -0.154. The summed E-state index contributed by atoms with van der Waals surface area (Å²) in [6, 6.07) is 2.31. The Kier molecular flexibility index (Phi) is 4.83. The molecule has 1 aromatic heterocycles. The summed E-state index contributed by atoms with van der Waals surface area (Å²) in [6.45, 7) is 4.55. The first-order valence-corrected chi connectivity index (χ1v) is 10.2. The summed E-state index contributed by atoms with van der Waals surface area (Å²) < 4.78 is 44.3. The lowest BCUT2D eigenvalue weighted by atomic mass is 9.61. The van der Waals surface area contributed by atoms with Crippen LogP contribution in [0.2, 0.25) is 0 Å². The van der Waals surface area contributed by atoms with E-state index < -0.39 is 17.3 Å². The first kappa shape index (κ1) is 20.4. The van der Waals surface area contributed by atoms with Crippen LogP contribution in [0, 0.1) is 18.3 Å². The van der Waals surface area contributed by atoms with Crippen molar-refractivity contribution in [3.8, 4) is 5.88 Å². The Morgan fingerprint density at radius 3 is 2.34 bits per heavy atom. The number of nitrogens with zero attached hydrogens (tertiary/aromatic N) is 2. The number of likely N-dealkylation sites (tertiary alicyclic amines) is 1. The monoisotopic (exact) mass is 412 g/mol. The predicted octanol–water partition coefficient (Wildman–Crippen LogP) is 3.72. The van der Waals surface area contributed by atoms with Crippen LogP contribution in [0.15, 0.2) is 12.1 Å². The number of aromatic nitrogens is 1. The molecule has 1 amide bonds. The smallest absolute Gasteiger partial charge is 0.418 e. The largest absolute Gasteiger partial charge is 0.474 e. The van der Waals surface area contributed by atoms with Crippen molar-refractivity contribution in [2.24, 2.45) is 11.3 Å². The number of hydrogen-bond donors (Lipinski definition) is 1. The van der Waals surface area contributed by atoms with Crippen LogP contribution in [-0.2, 0) is 11.0 Å². The molecule has 4 rings (SSSR count). The number of piperidine rings is 1. The maximum absolute atomic E-state index is 12.8. The Hall–Kier alpha value is -1.83. The van der Waals surface area contributed by atoms with E-state index in [-0.39, 0.29) is 34.9 Å². The molecular weight excluding hydrogens is 385 g/mol. The molecule has 29 heavy (non-hydrogen) atoms. The maximum atomic E-state index is 12.8. The minimum Gasteiger partial charge on any atom is -0.474 e. The fourth-order valence-corrected chi connectivity index (χ4v) is 5.11. The Bertz CT molecular complexity index is 785. The van der Waals surface area contributed by atoms with Gasteiger partial charge in [0.05, 0.1) is 16.9 Å². The fourth-order valence-electron chi connectivity index (χ4n) is 5.11. The molecule has 0 unspecified atom stereocenters. The molecule has 3 fully saturated rings. The van der Waals surface area contributed by atoms with Gasteiger partial charge in [-0.05, 0) is 63.9 Å². The van der Waals surface area contributed by atoms with Gasteiger partial charge in [0.15, 0.2) is 0 Å². The van der Waals surface area contributed by atoms with Crippen LogP contribution >= 0.6 is 0 Å². The highest BCUT2D eigenvalue weighted by Crippen LogP contribution is 2.51. The molecule has 8 heteroatoms. The van der Waals surface area contributed by atoms with Crippen LogP contribution in [0.3, 0.4) is 0 Å². The Labute approximate surface area is 168 Å². The first-order valence-electron chi connectivity index (χ1n) is 10.2. The number of rotatable bonds is 3. The van der Waals surface area contributed by atoms with Gasteiger partial charge < -0.3 is 14.7 Å². The average Bonchev–Trinajstić information content (AvgIpc) is 2.57. The van der Waals surface area contributed by atoms with E-state index in [1.807, 2.05) is 4.90 Å². The summed E-state index contributed by atoms with van der Waals surface area (Å²) in [5.41, 5.74) is -1.35. The molecule has 1 spiro atoms. The molecule has 0 radical (unpaired) electrons. The van der Waals surface area contributed by atoms with Gasteiger partial charge in [-0.3, -0.25) is 4.79 Å². The van der Waals surface area contributed by atoms with Crippen molar-refractivity contribution in [1.82, 2.24) is 9.88 Å². The third kappa shape index (κ3) is 4.09. The number of ether oxygens (including phenoxy) is 1. The topological polar surface area (TPSA) is 62.7 Å². The van der Waals surface area contributed by atoms with Crippen molar-refractivity contribution in [2.45, 2.75) is 70.3 Å². The van der Waals surface area contributed by atoms with E-state index in [1.54, 1.807) is 6.92 Å². The summed E-state index contributed by atoms with van der Waals surface area (Å²) in [5, 5.41) is 9.84. The van der Waals surface area contributed by atoms with Crippen molar-refractivity contribution < 1.29 is 27.8 Å². The molecule has 0 atom stereocenters. The van der Waals surface area contributed by atoms with E-state index >= 15 is 0 Å². The van der Waals surface area contributed by atoms with Crippen LogP contribution in [0.4, 0.5) is 13.2 Å². The van der Waals surface area contributed by atoms with Crippen molar-refractivity contribution in [2.75, 3.05) is 13.1 Å². The van der Waals surface area contributed by atoms with Gasteiger partial charge in [0.25, 0.3) is 0 Å². The quantitative estimate of drug-likeness (QED) is 0.822. The lowest BCUT2D eigenvalue weighted by Crippen LogP contribution is -2.55. The molecule has 1 saturated heterocycles. The van der Waals surface area contributed by atoms with Gasteiger partial charge in [-0.15, -0.1) is 0 Å². The van der Waals surface area contributed by atoms with Crippen molar-refractivity contribution >= 4 is 5.91 Å². The number of carbonyl (C=O) groups is 1. The van der Waals surface area contributed by atoms with E-state index in [0.717, 1.165) is 44.8 Å². The minimum absolute atomic E-state index is 0.0392. The number of halogens is 3. The summed E-state index contributed by atoms with van der Waals surface area (Å²) in [5.74, 6) is 0.341. The second-order valence-corrected chi connectivity index (χ2v) is 9.36. The zero-order valence-corrected chi connectivity index (χ0v) is 16.8. The van der Waals surface area contributed by atoms with Crippen LogP contribution in [0.1, 0.15) is 56.7 Å². The van der Waals surface area contributed by atoms with Gasteiger partial charge in [-0.1, -0.05) is 0 Å². The van der Waals surface area contributed by atoms with Crippen LogP contribution in [0.25, 0.3) is 0 Å². The van der Waals surface area contributed by atoms with E-state index in [1.165, 1.54) is 13.0 Å². The second-order valence-electron chi connectivity index (χ2n) is 9.36. The number of carbonyl (C=O) groups excluding carboxylic acids is 1. The van der Waals surface area contributed by atoms with Gasteiger partial charge >= 0.3 is 6.18 Å². The van der Waals surface area contributed by atoms with E-state index in [2.05, 4.69) is 4.98 Å². The lowest BCUT2D eigenvalue weighted by Gasteiger charge is -2.52. The molecule has 5 nitrogen and oxygen atoms in total. The molecule has 2 heterocycles. The Morgan fingerprint density at radius 2 is 1.83 bits per heavy atom. The first-order chi connectivity index (χ1) is 13.5. The van der Waals surface area contributed by atoms with Gasteiger partial charge in [0.2, 0.25) is 11.8 Å². The van der Waals surface area contributed by atoms with Gasteiger partial charge in [-0.2, -0.15) is 13.2 Å².